The molecule has 4 aromatic heterocycles. The van der Waals surface area contributed by atoms with Crippen LogP contribution in [0, 0.1) is 46.0 Å². The summed E-state index contributed by atoms with van der Waals surface area (Å²) < 4.78 is 69.9. The Hall–Kier alpha value is -10.2. The largest absolute Gasteiger partial charge is 0.486 e. The number of nitrogens with zero attached hydrogens (tertiary/aromatic N) is 5. The van der Waals surface area contributed by atoms with Crippen LogP contribution in [0.4, 0.5) is 19.2 Å². The van der Waals surface area contributed by atoms with E-state index < -0.39 is 17.5 Å². The van der Waals surface area contributed by atoms with E-state index in [4.69, 9.17) is 69.8 Å². The summed E-state index contributed by atoms with van der Waals surface area (Å²) in [4.78, 5) is 103. The van der Waals surface area contributed by atoms with Gasteiger partial charge in [0.05, 0.1) is 20.8 Å². The van der Waals surface area contributed by atoms with Crippen LogP contribution in [0.5, 0.6) is 23.0 Å². The second kappa shape index (κ2) is 33.3. The molecule has 12 aliphatic carbocycles. The van der Waals surface area contributed by atoms with Crippen molar-refractivity contribution in [3.8, 4) is 34.5 Å². The molecule has 23 nitrogen and oxygen atoms in total. The summed E-state index contributed by atoms with van der Waals surface area (Å²) in [7, 11) is 0. The van der Waals surface area contributed by atoms with Gasteiger partial charge < -0.3 is 49.2 Å². The number of amides is 3. The van der Waals surface area contributed by atoms with Gasteiger partial charge in [0.2, 0.25) is 17.9 Å². The van der Waals surface area contributed by atoms with Gasteiger partial charge in [-0.3, -0.25) is 43.6 Å². The first-order chi connectivity index (χ1) is 55.7. The summed E-state index contributed by atoms with van der Waals surface area (Å²) in [6, 6.07) is 35.6. The lowest BCUT2D eigenvalue weighted by atomic mass is 9.38. The predicted octanol–water partition coefficient (Wildman–Crippen LogP) is 15.9. The van der Waals surface area contributed by atoms with E-state index in [2.05, 4.69) is 50.3 Å². The minimum Gasteiger partial charge on any atom is -0.486 e. The lowest BCUT2D eigenvalue weighted by Gasteiger charge is -2.70. The third-order valence-corrected chi connectivity index (χ3v) is 25.5. The molecule has 31 heteroatoms. The zero-order valence-corrected chi connectivity index (χ0v) is 68.2. The molecule has 0 spiro atoms. The molecule has 117 heavy (non-hydrogen) atoms. The predicted molar refractivity (Wildman–Crippen MR) is 429 cm³/mol. The number of benzene rings is 5. The van der Waals surface area contributed by atoms with Crippen molar-refractivity contribution in [3.63, 3.8) is 0 Å². The number of hydrogen-bond donors (Lipinski definition) is 5. The van der Waals surface area contributed by atoms with Gasteiger partial charge in [-0.1, -0.05) is 83.5 Å². The molecule has 4 heterocycles. The molecule has 0 radical (unpaired) electrons. The first kappa shape index (κ1) is 83.3. The van der Waals surface area contributed by atoms with E-state index in [0.717, 1.165) is 117 Å². The molecule has 0 unspecified atom stereocenters. The Morgan fingerprint density at radius 2 is 0.991 bits per heavy atom. The Morgan fingerprint density at radius 3 is 1.44 bits per heavy atom. The van der Waals surface area contributed by atoms with Crippen LogP contribution in [-0.2, 0) is 25.7 Å². The fourth-order valence-electron chi connectivity index (χ4n) is 18.5. The van der Waals surface area contributed by atoms with Crippen LogP contribution in [0.2, 0.25) is 20.1 Å². The third kappa shape index (κ3) is 18.9. The van der Waals surface area contributed by atoms with Gasteiger partial charge in [-0.2, -0.15) is 0 Å². The van der Waals surface area contributed by atoms with E-state index in [-0.39, 0.29) is 155 Å². The summed E-state index contributed by atoms with van der Waals surface area (Å²) in [5.41, 5.74) is 2.40. The minimum absolute atomic E-state index is 0.00576. The zero-order valence-electron chi connectivity index (χ0n) is 64.4. The number of carbonyl (C=O) groups is 7. The second-order valence-electron chi connectivity index (χ2n) is 33.3. The van der Waals surface area contributed by atoms with Crippen molar-refractivity contribution >= 4 is 105 Å². The molecule has 612 valence electrons. The molecule has 12 aliphatic rings. The van der Waals surface area contributed by atoms with Gasteiger partial charge in [-0.25, -0.2) is 18.2 Å². The maximum Gasteiger partial charge on any atom is 0.316 e. The first-order valence-electron chi connectivity index (χ1n) is 38.4. The van der Waals surface area contributed by atoms with Crippen molar-refractivity contribution in [1.82, 2.24) is 35.7 Å². The Balaban J connectivity index is 0.000000128. The standard InChI is InChI=1S/C23H22ClN3O3.C22H22ClFN2O4.C21H22ClFN2O3S.C20H18ClFN2O4/c1-15-9-18(7-8-19(15)24)29-11-17(28)10-22-12-23(13-22,14-22)25-21-27-26-20(30-21)16-5-3-2-4-6-16;1-2-26-6-5-14(7-20(26)29)18(27)9-21-11-22(12-21,13-21)25-19(28)10-30-15-3-4-16(23)17(24)8-15;1-12(2)16-8-29-19(24-16)17(26)6-20-9-21(10-20,11-20)25-18(27)7-28-13-3-4-14(22)15(23)5-13;21-14-5-4-13(7-15(14)22)28-9-18(26)23-20-10-19(11-20,12-20)8-17(25)16-3-1-2-6-24(16)27/h2-9H,10-14H2,1H3,(H,25,27);3-8H,2,9-13H2,1H3,(H,25,28);3-5,8,12H,6-7,9-11H2,1-2H3,(H,25,27);1-7H,8-12H2,(H-,23,25,26,27)/p+1. The fraction of sp³-hybridized carbons (Fsp3) is 0.395. The molecule has 5 aromatic carbocycles. The average Bonchev–Trinajstić information content (AvgIpc) is 1.11. The molecule has 9 aromatic rings. The molecule has 8 bridgehead atoms. The number of carbonyl (C=O) groups excluding carboxylic acids is 7. The minimum atomic E-state index is -0.604. The van der Waals surface area contributed by atoms with Crippen LogP contribution in [0.1, 0.15) is 171 Å². The van der Waals surface area contributed by atoms with Gasteiger partial charge in [-0.15, -0.1) is 16.4 Å². The number of Topliss-reactive ketones (excluding diaryl/α,β-unsaturated/α-hetero) is 4. The van der Waals surface area contributed by atoms with Crippen LogP contribution in [-0.4, -0.2) is 114 Å². The normalized spacial score (nSPS) is 24.2. The maximum absolute atomic E-state index is 13.4. The van der Waals surface area contributed by atoms with Gasteiger partial charge in [0.15, 0.2) is 42.2 Å². The number of halogens is 7. The Morgan fingerprint density at radius 1 is 0.547 bits per heavy atom. The number of rotatable bonds is 31. The highest BCUT2D eigenvalue weighted by molar-refractivity contribution is 7.11. The SMILES string of the molecule is CC(C)c1csc(C(=O)CC23CC(NC(=O)COc4ccc(Cl)c(F)c4)(C2)C3)n1.CCn1ccc(C(=O)CC23CC(NC(=O)COc4ccc(Cl)c(F)c4)(C2)C3)cc1=O.Cc1cc(OCC(=O)CC23CC(Nc4nnc(-c5ccccc5)o4)(C2)C3)ccc1Cl.O=C(COc1ccc(Cl)c(F)c1)NC12CC(CC(=O)c3cccc[n+]3O)(C1)C2. The third-order valence-electron chi connectivity index (χ3n) is 23.2. The van der Waals surface area contributed by atoms with Gasteiger partial charge in [-0.05, 0) is 203 Å². The summed E-state index contributed by atoms with van der Waals surface area (Å²) in [5.74, 6) is -0.338. The van der Waals surface area contributed by atoms with E-state index in [9.17, 15) is 56.7 Å². The second-order valence-corrected chi connectivity index (χ2v) is 35.8. The molecule has 12 saturated carbocycles. The van der Waals surface area contributed by atoms with Crippen molar-refractivity contribution in [2.24, 2.45) is 21.7 Å². The summed E-state index contributed by atoms with van der Waals surface area (Å²) in [6.07, 6.45) is 14.4. The van der Waals surface area contributed by atoms with E-state index in [1.54, 1.807) is 47.2 Å². The van der Waals surface area contributed by atoms with E-state index in [0.29, 0.717) is 71.4 Å². The van der Waals surface area contributed by atoms with Crippen molar-refractivity contribution in [3.05, 3.63) is 227 Å². The van der Waals surface area contributed by atoms with Gasteiger partial charge in [0, 0.05) is 123 Å². The fourth-order valence-corrected chi connectivity index (χ4v) is 19.9. The highest BCUT2D eigenvalue weighted by Gasteiger charge is 2.71. The van der Waals surface area contributed by atoms with Crippen LogP contribution in [0.15, 0.2) is 160 Å². The Kier molecular flexibility index (Phi) is 23.7. The van der Waals surface area contributed by atoms with Gasteiger partial charge in [0.1, 0.15) is 47.1 Å². The topological polar surface area (TPSA) is 302 Å². The van der Waals surface area contributed by atoms with E-state index >= 15 is 0 Å². The first-order valence-corrected chi connectivity index (χ1v) is 40.8. The van der Waals surface area contributed by atoms with Crippen LogP contribution in [0.25, 0.3) is 11.5 Å². The number of thiazole rings is 1. The van der Waals surface area contributed by atoms with E-state index in [1.165, 1.54) is 60.0 Å². The van der Waals surface area contributed by atoms with Crippen molar-refractivity contribution in [2.75, 3.05) is 31.7 Å². The number of nitrogens with one attached hydrogen (secondary N) is 4. The highest BCUT2D eigenvalue weighted by Crippen LogP contribution is 2.72. The van der Waals surface area contributed by atoms with E-state index in [1.807, 2.05) is 55.6 Å². The molecule has 0 atom stereocenters. The molecular weight excluding hydrogens is 1610 g/mol. The maximum atomic E-state index is 13.4. The lowest BCUT2D eigenvalue weighted by Crippen LogP contribution is -2.75. The average molecular weight is 1700 g/mol. The van der Waals surface area contributed by atoms with Gasteiger partial charge >= 0.3 is 6.01 Å². The highest BCUT2D eigenvalue weighted by atomic mass is 35.5. The molecule has 21 rings (SSSR count). The van der Waals surface area contributed by atoms with Gasteiger partial charge in [0.25, 0.3) is 29.0 Å². The molecule has 0 aliphatic heterocycles. The monoisotopic (exact) mass is 1700 g/mol. The summed E-state index contributed by atoms with van der Waals surface area (Å²) >= 11 is 24.3. The van der Waals surface area contributed by atoms with Crippen LogP contribution < -0.4 is 50.5 Å². The van der Waals surface area contributed by atoms with Crippen LogP contribution >= 0.6 is 57.7 Å². The molecule has 0 saturated heterocycles. The molecule has 3 amide bonds. The number of aryl methyl sites for hydroxylation is 2. The number of hydrogen-bond acceptors (Lipinski definition) is 19. The van der Waals surface area contributed by atoms with Crippen LogP contribution in [0.3, 0.4) is 0 Å². The lowest BCUT2D eigenvalue weighted by molar-refractivity contribution is -0.905. The Labute approximate surface area is 695 Å². The summed E-state index contributed by atoms with van der Waals surface area (Å²) in [6.45, 7) is 7.93. The number of ether oxygens (including phenoxy) is 4. The molecular formula is C86H85Cl4F3N9O14S+. The quantitative estimate of drug-likeness (QED) is 0.0153. The number of anilines is 1. The number of pyridine rings is 2. The zero-order chi connectivity index (χ0) is 83.0. The summed E-state index contributed by atoms with van der Waals surface area (Å²) in [5, 5.41) is 33.5. The van der Waals surface area contributed by atoms with Crippen molar-refractivity contribution in [2.45, 2.75) is 165 Å². The van der Waals surface area contributed by atoms with Crippen molar-refractivity contribution in [1.29, 1.82) is 0 Å². The molecule has 5 N–H and O–H groups in total. The number of ketones is 4. The number of aromatic nitrogens is 5. The van der Waals surface area contributed by atoms with Crippen molar-refractivity contribution < 1.29 is 80.0 Å². The smallest absolute Gasteiger partial charge is 0.316 e. The molecule has 12 fully saturated rings. The Bertz CT molecular complexity index is 5350.